The number of para-hydroxylation sites is 1. The van der Waals surface area contributed by atoms with E-state index in [4.69, 9.17) is 4.74 Å². The van der Waals surface area contributed by atoms with Crippen LogP contribution in [-0.4, -0.2) is 29.3 Å². The molecule has 2 unspecified atom stereocenters. The third kappa shape index (κ3) is 4.64. The molecule has 208 valence electrons. The molecule has 4 saturated carbocycles. The van der Waals surface area contributed by atoms with E-state index in [1.54, 1.807) is 7.11 Å². The summed E-state index contributed by atoms with van der Waals surface area (Å²) in [5, 5.41) is 21.0. The van der Waals surface area contributed by atoms with Crippen LogP contribution in [0.2, 0.25) is 0 Å². The van der Waals surface area contributed by atoms with Gasteiger partial charge in [0.15, 0.2) is 0 Å². The molecular formula is C32H48F2O3. The first-order valence-electron chi connectivity index (χ1n) is 14.9. The van der Waals surface area contributed by atoms with Crippen molar-refractivity contribution < 1.29 is 23.7 Å². The molecule has 1 aromatic rings. The lowest BCUT2D eigenvalue weighted by molar-refractivity contribution is -0.238. The van der Waals surface area contributed by atoms with E-state index in [2.05, 4.69) is 20.8 Å². The molecule has 0 bridgehead atoms. The molecule has 10 atom stereocenters. The van der Waals surface area contributed by atoms with Gasteiger partial charge in [-0.3, -0.25) is 0 Å². The Kier molecular flexibility index (Phi) is 7.46. The number of hydrogen-bond donors (Lipinski definition) is 2. The van der Waals surface area contributed by atoms with Crippen molar-refractivity contribution in [1.82, 2.24) is 0 Å². The maximum absolute atomic E-state index is 15.9. The van der Waals surface area contributed by atoms with Gasteiger partial charge in [0.1, 0.15) is 5.75 Å². The lowest BCUT2D eigenvalue weighted by atomic mass is 9.43. The van der Waals surface area contributed by atoms with E-state index in [0.29, 0.717) is 24.7 Å². The minimum atomic E-state index is -2.63. The van der Waals surface area contributed by atoms with Gasteiger partial charge in [-0.05, 0) is 97.9 Å². The Morgan fingerprint density at radius 2 is 1.70 bits per heavy atom. The molecule has 5 heteroatoms. The van der Waals surface area contributed by atoms with E-state index in [1.165, 1.54) is 0 Å². The van der Waals surface area contributed by atoms with Crippen LogP contribution in [0.5, 0.6) is 5.75 Å². The van der Waals surface area contributed by atoms with E-state index in [-0.39, 0.29) is 35.0 Å². The average molecular weight is 519 g/mol. The topological polar surface area (TPSA) is 49.7 Å². The molecule has 2 N–H and O–H groups in total. The summed E-state index contributed by atoms with van der Waals surface area (Å²) in [4.78, 5) is 0. The molecule has 4 fully saturated rings. The summed E-state index contributed by atoms with van der Waals surface area (Å²) >= 11 is 0. The van der Waals surface area contributed by atoms with Crippen LogP contribution in [0.3, 0.4) is 0 Å². The molecule has 5 rings (SSSR count). The lowest BCUT2D eigenvalue weighted by Crippen LogP contribution is -2.61. The van der Waals surface area contributed by atoms with Crippen molar-refractivity contribution in [3.05, 3.63) is 29.8 Å². The number of aliphatic hydroxyl groups is 2. The number of fused-ring (bicyclic) bond motifs is 5. The second kappa shape index (κ2) is 10.1. The first kappa shape index (κ1) is 27.4. The summed E-state index contributed by atoms with van der Waals surface area (Å²) in [6.45, 7) is 6.93. The minimum absolute atomic E-state index is 0.0251. The number of alkyl halides is 2. The Balaban J connectivity index is 1.26. The number of benzene rings is 1. The highest BCUT2D eigenvalue weighted by molar-refractivity contribution is 5.34. The van der Waals surface area contributed by atoms with Crippen LogP contribution in [0.4, 0.5) is 8.78 Å². The summed E-state index contributed by atoms with van der Waals surface area (Å²) in [6, 6.07) is 7.66. The van der Waals surface area contributed by atoms with E-state index < -0.39 is 24.0 Å². The molecule has 0 heterocycles. The Labute approximate surface area is 222 Å². The van der Waals surface area contributed by atoms with Crippen molar-refractivity contribution in [3.63, 3.8) is 0 Å². The lowest BCUT2D eigenvalue weighted by Gasteiger charge is -2.63. The van der Waals surface area contributed by atoms with E-state index >= 15 is 8.78 Å². The molecule has 1 aromatic carbocycles. The summed E-state index contributed by atoms with van der Waals surface area (Å²) < 4.78 is 37.3. The summed E-state index contributed by atoms with van der Waals surface area (Å²) in [5.41, 5.74) is 0.763. The number of aliphatic hydroxyl groups excluding tert-OH is 2. The van der Waals surface area contributed by atoms with E-state index in [0.717, 1.165) is 62.7 Å². The molecule has 4 aliphatic carbocycles. The van der Waals surface area contributed by atoms with Crippen LogP contribution >= 0.6 is 0 Å². The molecule has 0 aromatic heterocycles. The number of ether oxygens (including phenoxy) is 1. The van der Waals surface area contributed by atoms with Crippen molar-refractivity contribution in [3.8, 4) is 5.75 Å². The van der Waals surface area contributed by atoms with Gasteiger partial charge in [-0.1, -0.05) is 51.8 Å². The highest BCUT2D eigenvalue weighted by Gasteiger charge is 2.68. The predicted octanol–water partition coefficient (Wildman–Crippen LogP) is 7.80. The number of halogens is 2. The minimum Gasteiger partial charge on any atom is -0.496 e. The average Bonchev–Trinajstić information content (AvgIpc) is 3.21. The number of rotatable bonds is 7. The first-order valence-corrected chi connectivity index (χ1v) is 14.9. The fourth-order valence-electron chi connectivity index (χ4n) is 10.0. The van der Waals surface area contributed by atoms with Crippen molar-refractivity contribution in [2.45, 2.75) is 110 Å². The maximum Gasteiger partial charge on any atom is 0.251 e. The van der Waals surface area contributed by atoms with Gasteiger partial charge in [0.05, 0.1) is 19.3 Å². The van der Waals surface area contributed by atoms with Crippen LogP contribution in [0.1, 0.15) is 103 Å². The third-order valence-corrected chi connectivity index (χ3v) is 12.0. The molecule has 0 amide bonds. The van der Waals surface area contributed by atoms with Crippen LogP contribution in [0.25, 0.3) is 0 Å². The molecule has 37 heavy (non-hydrogen) atoms. The Morgan fingerprint density at radius 1 is 1.00 bits per heavy atom. The summed E-state index contributed by atoms with van der Waals surface area (Å²) in [6.07, 6.45) is 7.79. The van der Waals surface area contributed by atoms with Crippen LogP contribution in [0.15, 0.2) is 24.3 Å². The first-order chi connectivity index (χ1) is 17.5. The zero-order valence-corrected chi connectivity index (χ0v) is 23.3. The second-order valence-corrected chi connectivity index (χ2v) is 13.7. The van der Waals surface area contributed by atoms with Gasteiger partial charge >= 0.3 is 0 Å². The smallest absolute Gasteiger partial charge is 0.251 e. The molecular weight excluding hydrogens is 470 g/mol. The van der Waals surface area contributed by atoms with Gasteiger partial charge in [0.2, 0.25) is 0 Å². The van der Waals surface area contributed by atoms with Crippen LogP contribution < -0.4 is 4.74 Å². The summed E-state index contributed by atoms with van der Waals surface area (Å²) in [5.74, 6) is -1.36. The Morgan fingerprint density at radius 3 is 2.46 bits per heavy atom. The van der Waals surface area contributed by atoms with Gasteiger partial charge in [0.25, 0.3) is 5.92 Å². The van der Waals surface area contributed by atoms with Crippen molar-refractivity contribution >= 4 is 0 Å². The van der Waals surface area contributed by atoms with Crippen molar-refractivity contribution in [2.75, 3.05) is 7.11 Å². The quantitative estimate of drug-likeness (QED) is 0.387. The van der Waals surface area contributed by atoms with E-state index in [1.807, 2.05) is 24.3 Å². The zero-order chi connectivity index (χ0) is 26.6. The standard InChI is InChI=1S/C32H48F2O3/c1-20(8-7-10-27(36)23-9-5-6-11-28(23)37-4)24-12-13-25-29-26(15-17-31(24,25)3)30(2)16-14-22(35)18-21(30)19-32(29,33)34/h5-6,9,11,20-22,24-27,29,35-36H,7-8,10,12-19H2,1-4H3/t20-,21?,22+,24-,25+,26+,27?,29+,30+,31-/m1/s1. The molecule has 3 nitrogen and oxygen atoms in total. The zero-order valence-electron chi connectivity index (χ0n) is 23.3. The van der Waals surface area contributed by atoms with Crippen molar-refractivity contribution in [2.24, 2.45) is 46.3 Å². The Bertz CT molecular complexity index is 952. The maximum atomic E-state index is 15.9. The van der Waals surface area contributed by atoms with Gasteiger partial charge < -0.3 is 14.9 Å². The van der Waals surface area contributed by atoms with Gasteiger partial charge in [-0.15, -0.1) is 0 Å². The summed E-state index contributed by atoms with van der Waals surface area (Å²) in [7, 11) is 1.63. The number of methoxy groups -OCH3 is 1. The highest BCUT2D eigenvalue weighted by Crippen LogP contribution is 2.71. The monoisotopic (exact) mass is 518 g/mol. The van der Waals surface area contributed by atoms with Crippen LogP contribution in [0, 0.1) is 46.3 Å². The third-order valence-electron chi connectivity index (χ3n) is 12.0. The predicted molar refractivity (Wildman–Crippen MR) is 143 cm³/mol. The molecule has 4 aliphatic rings. The van der Waals surface area contributed by atoms with Gasteiger partial charge in [-0.2, -0.15) is 0 Å². The van der Waals surface area contributed by atoms with Gasteiger partial charge in [-0.25, -0.2) is 8.78 Å². The van der Waals surface area contributed by atoms with E-state index in [9.17, 15) is 10.2 Å². The van der Waals surface area contributed by atoms with Crippen molar-refractivity contribution in [1.29, 1.82) is 0 Å². The SMILES string of the molecule is COc1ccccc1C(O)CCC[C@@H](C)[C@H]1CC[C@H]2[C@H]3[C@H](CC[C@]12C)[C@@]1(C)CC[C@H](O)CC1CC3(F)F. The fourth-order valence-corrected chi connectivity index (χ4v) is 10.0. The highest BCUT2D eigenvalue weighted by atomic mass is 19.3. The van der Waals surface area contributed by atoms with Crippen LogP contribution in [-0.2, 0) is 0 Å². The number of hydrogen-bond acceptors (Lipinski definition) is 3. The second-order valence-electron chi connectivity index (χ2n) is 13.7. The Hall–Kier alpha value is -1.20. The normalized spacial score (nSPS) is 42.3. The molecule has 0 radical (unpaired) electrons. The molecule has 0 saturated heterocycles. The molecule has 0 spiro atoms. The van der Waals surface area contributed by atoms with Gasteiger partial charge in [0, 0.05) is 17.9 Å². The fraction of sp³-hybridized carbons (Fsp3) is 0.812. The largest absolute Gasteiger partial charge is 0.496 e. The molecule has 0 aliphatic heterocycles.